The SMILES string of the molecule is CC(=NCCNCCO)c1ccccc1[O-].[Cu+2].[N-]=[N+]=[N-]. The second-order valence-corrected chi connectivity index (χ2v) is 3.53. The molecule has 0 aromatic heterocycles. The van der Waals surface area contributed by atoms with Crippen LogP contribution in [0.1, 0.15) is 12.5 Å². The number of hydrogen-bond donors (Lipinski definition) is 2. The molecular formula is C12H17CuN5O2. The van der Waals surface area contributed by atoms with Crippen LogP contribution in [0.5, 0.6) is 5.75 Å². The number of aliphatic hydroxyl groups excluding tert-OH is 1. The molecule has 0 bridgehead atoms. The molecule has 0 aliphatic carbocycles. The van der Waals surface area contributed by atoms with Crippen LogP contribution >= 0.6 is 0 Å². The molecule has 20 heavy (non-hydrogen) atoms. The molecule has 0 fully saturated rings. The van der Waals surface area contributed by atoms with Crippen LogP contribution in [-0.4, -0.2) is 37.1 Å². The number of aliphatic imine (C=N–C) groups is 1. The Morgan fingerprint density at radius 2 is 1.95 bits per heavy atom. The first kappa shape index (κ1) is 20.8. The van der Waals surface area contributed by atoms with E-state index in [0.29, 0.717) is 25.2 Å². The Morgan fingerprint density at radius 1 is 1.35 bits per heavy atom. The van der Waals surface area contributed by atoms with E-state index in [4.69, 9.17) is 16.2 Å². The summed E-state index contributed by atoms with van der Waals surface area (Å²) in [5.41, 5.74) is 14.9. The summed E-state index contributed by atoms with van der Waals surface area (Å²) in [7, 11) is 0. The summed E-state index contributed by atoms with van der Waals surface area (Å²) in [4.78, 5) is 5.80. The van der Waals surface area contributed by atoms with Crippen molar-refractivity contribution in [1.29, 1.82) is 0 Å². The van der Waals surface area contributed by atoms with E-state index in [9.17, 15) is 5.11 Å². The zero-order valence-electron chi connectivity index (χ0n) is 11.1. The van der Waals surface area contributed by atoms with Gasteiger partial charge in [0.15, 0.2) is 0 Å². The topological polar surface area (TPSA) is 126 Å². The third kappa shape index (κ3) is 9.38. The Labute approximate surface area is 128 Å². The largest absolute Gasteiger partial charge is 2.00 e. The normalized spacial score (nSPS) is 9.80. The van der Waals surface area contributed by atoms with Gasteiger partial charge in [-0.15, -0.1) is 0 Å². The summed E-state index contributed by atoms with van der Waals surface area (Å²) in [6, 6.07) is 6.88. The molecule has 2 N–H and O–H groups in total. The number of nitrogens with one attached hydrogen (secondary N) is 1. The molecule has 0 saturated carbocycles. The second kappa shape index (κ2) is 13.9. The van der Waals surface area contributed by atoms with Gasteiger partial charge in [0.2, 0.25) is 0 Å². The average molecular weight is 327 g/mol. The van der Waals surface area contributed by atoms with E-state index in [1.807, 2.05) is 13.0 Å². The van der Waals surface area contributed by atoms with Gasteiger partial charge in [0, 0.05) is 18.8 Å². The minimum atomic E-state index is 0. The van der Waals surface area contributed by atoms with Crippen LogP contribution in [0, 0.1) is 0 Å². The molecule has 0 amide bonds. The number of rotatable bonds is 6. The summed E-state index contributed by atoms with van der Waals surface area (Å²) < 4.78 is 0. The fourth-order valence-electron chi connectivity index (χ4n) is 1.36. The number of nitrogens with zero attached hydrogens (tertiary/aromatic N) is 4. The molecule has 1 aromatic rings. The van der Waals surface area contributed by atoms with Gasteiger partial charge in [-0.25, -0.2) is 0 Å². The van der Waals surface area contributed by atoms with E-state index in [2.05, 4.69) is 10.3 Å². The van der Waals surface area contributed by atoms with Crippen molar-refractivity contribution in [2.24, 2.45) is 4.99 Å². The average Bonchev–Trinajstić information content (AvgIpc) is 2.40. The minimum Gasteiger partial charge on any atom is -0.872 e. The maximum Gasteiger partial charge on any atom is 2.00 e. The van der Waals surface area contributed by atoms with Crippen LogP contribution in [0.25, 0.3) is 16.0 Å². The summed E-state index contributed by atoms with van der Waals surface area (Å²) in [5, 5.41) is 23.0. The zero-order valence-corrected chi connectivity index (χ0v) is 12.0. The Balaban J connectivity index is 0. The van der Waals surface area contributed by atoms with Gasteiger partial charge in [-0.3, -0.25) is 9.90 Å². The van der Waals surface area contributed by atoms with E-state index in [0.717, 1.165) is 5.71 Å². The van der Waals surface area contributed by atoms with Crippen LogP contribution in [-0.2, 0) is 17.1 Å². The number of aliphatic hydroxyl groups is 1. The van der Waals surface area contributed by atoms with Gasteiger partial charge >= 0.3 is 17.1 Å². The second-order valence-electron chi connectivity index (χ2n) is 3.53. The van der Waals surface area contributed by atoms with E-state index in [-0.39, 0.29) is 29.4 Å². The maximum absolute atomic E-state index is 11.5. The summed E-state index contributed by atoms with van der Waals surface area (Å²) >= 11 is 0. The van der Waals surface area contributed by atoms with Crippen LogP contribution in [0.2, 0.25) is 0 Å². The van der Waals surface area contributed by atoms with Gasteiger partial charge in [0.05, 0.1) is 13.2 Å². The van der Waals surface area contributed by atoms with Crippen molar-refractivity contribution in [3.05, 3.63) is 45.8 Å². The maximum atomic E-state index is 11.5. The van der Waals surface area contributed by atoms with Crippen molar-refractivity contribution in [1.82, 2.24) is 5.32 Å². The summed E-state index contributed by atoms with van der Waals surface area (Å²) in [5.74, 6) is 0.00654. The molecule has 7 nitrogen and oxygen atoms in total. The molecule has 113 valence electrons. The number of hydrogen-bond acceptors (Lipinski definition) is 4. The summed E-state index contributed by atoms with van der Waals surface area (Å²) in [6.45, 7) is 3.86. The molecule has 0 atom stereocenters. The van der Waals surface area contributed by atoms with Crippen LogP contribution in [0.3, 0.4) is 0 Å². The smallest absolute Gasteiger partial charge is 0.872 e. The van der Waals surface area contributed by atoms with Crippen LogP contribution in [0.15, 0.2) is 29.3 Å². The summed E-state index contributed by atoms with van der Waals surface area (Å²) in [6.07, 6.45) is 0. The molecule has 1 aromatic carbocycles. The first-order chi connectivity index (χ1) is 9.17. The molecule has 1 rings (SSSR count). The molecular weight excluding hydrogens is 310 g/mol. The molecule has 1 radical (unpaired) electrons. The molecule has 0 unspecified atom stereocenters. The molecule has 0 aliphatic rings. The third-order valence-electron chi connectivity index (χ3n) is 2.20. The molecule has 0 spiro atoms. The Morgan fingerprint density at radius 3 is 2.50 bits per heavy atom. The van der Waals surface area contributed by atoms with Crippen molar-refractivity contribution in [2.45, 2.75) is 6.92 Å². The molecule has 0 heterocycles. The first-order valence-corrected chi connectivity index (χ1v) is 5.74. The predicted molar refractivity (Wildman–Crippen MR) is 73.0 cm³/mol. The van der Waals surface area contributed by atoms with Gasteiger partial charge in [-0.1, -0.05) is 30.0 Å². The van der Waals surface area contributed by atoms with Crippen molar-refractivity contribution in [3.63, 3.8) is 0 Å². The van der Waals surface area contributed by atoms with E-state index < -0.39 is 0 Å². The number of benzene rings is 1. The van der Waals surface area contributed by atoms with Crippen molar-refractivity contribution in [2.75, 3.05) is 26.2 Å². The zero-order chi connectivity index (χ0) is 14.5. The van der Waals surface area contributed by atoms with Gasteiger partial charge < -0.3 is 26.6 Å². The van der Waals surface area contributed by atoms with Gasteiger partial charge in [0.25, 0.3) is 0 Å². The third-order valence-corrected chi connectivity index (χ3v) is 2.20. The van der Waals surface area contributed by atoms with Crippen molar-refractivity contribution in [3.8, 4) is 5.75 Å². The fraction of sp³-hybridized carbons (Fsp3) is 0.417. The van der Waals surface area contributed by atoms with E-state index in [1.54, 1.807) is 18.2 Å². The van der Waals surface area contributed by atoms with Crippen LogP contribution in [0.4, 0.5) is 0 Å². The molecule has 8 heteroatoms. The Bertz CT molecular complexity index is 434. The van der Waals surface area contributed by atoms with Gasteiger partial charge in [0.1, 0.15) is 0 Å². The predicted octanol–water partition coefficient (Wildman–Crippen LogP) is 1.01. The first-order valence-electron chi connectivity index (χ1n) is 5.74. The Hall–Kier alpha value is -1.56. The minimum absolute atomic E-state index is 0. The van der Waals surface area contributed by atoms with Crippen molar-refractivity contribution >= 4 is 5.71 Å². The Kier molecular flexibility index (Phi) is 14.4. The molecule has 0 saturated heterocycles. The fourth-order valence-corrected chi connectivity index (χ4v) is 1.36. The number of para-hydroxylation sites is 1. The van der Waals surface area contributed by atoms with E-state index in [1.165, 1.54) is 4.91 Å². The quantitative estimate of drug-likeness (QED) is 0.202. The van der Waals surface area contributed by atoms with Gasteiger partial charge in [-0.05, 0) is 12.5 Å². The van der Waals surface area contributed by atoms with E-state index >= 15 is 0 Å². The van der Waals surface area contributed by atoms with Gasteiger partial charge in [-0.2, -0.15) is 0 Å². The molecule has 0 aliphatic heterocycles. The van der Waals surface area contributed by atoms with Crippen LogP contribution < -0.4 is 10.4 Å². The standard InChI is InChI=1S/C12H18N2O2.Cu.N3/c1-10(14-7-6-13-8-9-15)11-4-2-3-5-12(11)16;;1-3-2/h2-5,13,15-16H,6-9H2,1H3;;/q;+2;-1/p-1. The monoisotopic (exact) mass is 326 g/mol. The van der Waals surface area contributed by atoms with Crippen molar-refractivity contribution < 1.29 is 27.3 Å².